The molecule has 2 rings (SSSR count). The first-order valence-electron chi connectivity index (χ1n) is 4.16. The molecule has 1 N–H and O–H groups in total. The van der Waals surface area contributed by atoms with Gasteiger partial charge in [0.05, 0.1) is 22.3 Å². The van der Waals surface area contributed by atoms with Gasteiger partial charge in [-0.1, -0.05) is 11.6 Å². The summed E-state index contributed by atoms with van der Waals surface area (Å²) < 4.78 is 2.42. The molecule has 0 aromatic carbocycles. The van der Waals surface area contributed by atoms with E-state index in [0.29, 0.717) is 16.4 Å². The normalized spacial score (nSPS) is 10.6. The molecule has 0 bridgehead atoms. The van der Waals surface area contributed by atoms with Gasteiger partial charge in [-0.15, -0.1) is 0 Å². The third kappa shape index (κ3) is 2.19. The number of hydrogen-bond acceptors (Lipinski definition) is 3. The van der Waals surface area contributed by atoms with Crippen LogP contribution < -0.4 is 0 Å². The van der Waals surface area contributed by atoms with Crippen molar-refractivity contribution in [2.24, 2.45) is 0 Å². The second-order valence-corrected chi connectivity index (χ2v) is 4.23. The van der Waals surface area contributed by atoms with Crippen LogP contribution in [-0.2, 0) is 6.61 Å². The highest BCUT2D eigenvalue weighted by atomic mass is 79.9. The van der Waals surface area contributed by atoms with Gasteiger partial charge in [-0.2, -0.15) is 5.10 Å². The summed E-state index contributed by atoms with van der Waals surface area (Å²) in [5, 5.41) is 13.4. The van der Waals surface area contributed by atoms with E-state index in [0.717, 1.165) is 4.47 Å². The average molecular weight is 289 g/mol. The smallest absolute Gasteiger partial charge is 0.172 e. The van der Waals surface area contributed by atoms with Crippen LogP contribution in [0.2, 0.25) is 5.02 Å². The zero-order valence-electron chi connectivity index (χ0n) is 7.56. The first kappa shape index (κ1) is 10.6. The van der Waals surface area contributed by atoms with E-state index in [2.05, 4.69) is 26.0 Å². The molecular formula is C9H7BrClN3O. The van der Waals surface area contributed by atoms with Crippen molar-refractivity contribution in [3.8, 4) is 5.82 Å². The lowest BCUT2D eigenvalue weighted by molar-refractivity contribution is 0.281. The Balaban J connectivity index is 2.45. The lowest BCUT2D eigenvalue weighted by atomic mass is 10.3. The molecule has 2 aromatic heterocycles. The third-order valence-electron chi connectivity index (χ3n) is 1.83. The lowest BCUT2D eigenvalue weighted by Gasteiger charge is -2.04. The van der Waals surface area contributed by atoms with Crippen molar-refractivity contribution in [1.29, 1.82) is 0 Å². The molecule has 0 saturated carbocycles. The van der Waals surface area contributed by atoms with Gasteiger partial charge in [0.2, 0.25) is 0 Å². The summed E-state index contributed by atoms with van der Waals surface area (Å²) in [6.07, 6.45) is 4.97. The largest absolute Gasteiger partial charge is 0.392 e. The second-order valence-electron chi connectivity index (χ2n) is 2.91. The fraction of sp³-hybridized carbons (Fsp3) is 0.111. The van der Waals surface area contributed by atoms with Crippen LogP contribution in [0.3, 0.4) is 0 Å². The topological polar surface area (TPSA) is 50.9 Å². The number of aliphatic hydroxyl groups excluding tert-OH is 1. The number of pyridine rings is 1. The quantitative estimate of drug-likeness (QED) is 0.921. The molecule has 4 nitrogen and oxygen atoms in total. The van der Waals surface area contributed by atoms with Gasteiger partial charge >= 0.3 is 0 Å². The van der Waals surface area contributed by atoms with Gasteiger partial charge in [-0.25, -0.2) is 9.67 Å². The average Bonchev–Trinajstić information content (AvgIpc) is 2.64. The Bertz CT molecular complexity index is 486. The van der Waals surface area contributed by atoms with E-state index >= 15 is 0 Å². The maximum Gasteiger partial charge on any atom is 0.172 e. The van der Waals surface area contributed by atoms with Crippen LogP contribution in [0.5, 0.6) is 0 Å². The molecule has 2 aromatic rings. The molecule has 15 heavy (non-hydrogen) atoms. The zero-order chi connectivity index (χ0) is 10.8. The number of rotatable bonds is 2. The summed E-state index contributed by atoms with van der Waals surface area (Å²) in [6, 6.07) is 1.67. The van der Waals surface area contributed by atoms with E-state index in [1.807, 2.05) is 0 Å². The summed E-state index contributed by atoms with van der Waals surface area (Å²) >= 11 is 9.29. The third-order valence-corrected chi connectivity index (χ3v) is 2.52. The molecule has 0 fully saturated rings. The zero-order valence-corrected chi connectivity index (χ0v) is 9.90. The van der Waals surface area contributed by atoms with Crippen molar-refractivity contribution in [1.82, 2.24) is 14.8 Å². The highest BCUT2D eigenvalue weighted by molar-refractivity contribution is 9.10. The highest BCUT2D eigenvalue weighted by Crippen LogP contribution is 2.20. The molecular weight excluding hydrogens is 281 g/mol. The summed E-state index contributed by atoms with van der Waals surface area (Å²) in [7, 11) is 0. The Morgan fingerprint density at radius 1 is 1.47 bits per heavy atom. The Morgan fingerprint density at radius 2 is 2.27 bits per heavy atom. The first-order valence-corrected chi connectivity index (χ1v) is 5.33. The molecule has 0 atom stereocenters. The Kier molecular flexibility index (Phi) is 3.04. The van der Waals surface area contributed by atoms with Crippen molar-refractivity contribution < 1.29 is 5.11 Å². The van der Waals surface area contributed by atoms with Crippen LogP contribution in [0.25, 0.3) is 5.82 Å². The molecule has 0 saturated heterocycles. The van der Waals surface area contributed by atoms with E-state index in [1.165, 1.54) is 0 Å². The molecule has 6 heteroatoms. The van der Waals surface area contributed by atoms with Gasteiger partial charge in [0, 0.05) is 12.4 Å². The van der Waals surface area contributed by atoms with Gasteiger partial charge in [0.15, 0.2) is 5.82 Å². The van der Waals surface area contributed by atoms with E-state index in [9.17, 15) is 0 Å². The number of aliphatic hydroxyl groups is 1. The predicted molar refractivity (Wildman–Crippen MR) is 60.0 cm³/mol. The van der Waals surface area contributed by atoms with Gasteiger partial charge in [0.1, 0.15) is 0 Å². The number of nitrogens with zero attached hydrogens (tertiary/aromatic N) is 3. The fourth-order valence-corrected chi connectivity index (χ4v) is 1.70. The Labute approximate surface area is 99.6 Å². The maximum absolute atomic E-state index is 8.90. The second kappa shape index (κ2) is 4.30. The molecule has 0 aliphatic heterocycles. The molecule has 0 unspecified atom stereocenters. The van der Waals surface area contributed by atoms with Crippen LogP contribution >= 0.6 is 27.5 Å². The summed E-state index contributed by atoms with van der Waals surface area (Å²) in [5.41, 5.74) is 0.676. The van der Waals surface area contributed by atoms with Crippen molar-refractivity contribution >= 4 is 27.5 Å². The van der Waals surface area contributed by atoms with Crippen LogP contribution in [0.1, 0.15) is 5.56 Å². The van der Waals surface area contributed by atoms with E-state index < -0.39 is 0 Å². The molecule has 0 aliphatic rings. The molecule has 78 valence electrons. The fourth-order valence-electron chi connectivity index (χ4n) is 1.14. The summed E-state index contributed by atoms with van der Waals surface area (Å²) in [5.74, 6) is 0.541. The predicted octanol–water partition coefficient (Wildman–Crippen LogP) is 2.18. The minimum Gasteiger partial charge on any atom is -0.392 e. The van der Waals surface area contributed by atoms with E-state index in [4.69, 9.17) is 16.7 Å². The first-order chi connectivity index (χ1) is 7.20. The molecule has 2 heterocycles. The van der Waals surface area contributed by atoms with Crippen molar-refractivity contribution in [3.05, 3.63) is 39.7 Å². The van der Waals surface area contributed by atoms with Crippen molar-refractivity contribution in [3.63, 3.8) is 0 Å². The Hall–Kier alpha value is -0.910. The van der Waals surface area contributed by atoms with Crippen molar-refractivity contribution in [2.45, 2.75) is 6.61 Å². The summed E-state index contributed by atoms with van der Waals surface area (Å²) in [6.45, 7) is -0.0736. The maximum atomic E-state index is 8.90. The van der Waals surface area contributed by atoms with E-state index in [1.54, 1.807) is 29.3 Å². The van der Waals surface area contributed by atoms with Gasteiger partial charge < -0.3 is 5.11 Å². The SMILES string of the molecule is OCc1cnc(-n2cc(Br)cn2)c(Cl)c1. The van der Waals surface area contributed by atoms with Gasteiger partial charge in [-0.05, 0) is 27.6 Å². The van der Waals surface area contributed by atoms with Crippen LogP contribution in [0.15, 0.2) is 29.1 Å². The van der Waals surface area contributed by atoms with Crippen LogP contribution in [0.4, 0.5) is 0 Å². The molecule has 0 aliphatic carbocycles. The molecule has 0 spiro atoms. The monoisotopic (exact) mass is 287 g/mol. The number of halogens is 2. The highest BCUT2D eigenvalue weighted by Gasteiger charge is 2.06. The van der Waals surface area contributed by atoms with E-state index in [-0.39, 0.29) is 6.61 Å². The van der Waals surface area contributed by atoms with Gasteiger partial charge in [-0.3, -0.25) is 0 Å². The lowest BCUT2D eigenvalue weighted by Crippen LogP contribution is -1.99. The minimum atomic E-state index is -0.0736. The summed E-state index contributed by atoms with van der Waals surface area (Å²) in [4.78, 5) is 4.12. The number of hydrogen-bond donors (Lipinski definition) is 1. The van der Waals surface area contributed by atoms with Crippen molar-refractivity contribution in [2.75, 3.05) is 0 Å². The Morgan fingerprint density at radius 3 is 2.80 bits per heavy atom. The molecule has 0 radical (unpaired) electrons. The van der Waals surface area contributed by atoms with Gasteiger partial charge in [0.25, 0.3) is 0 Å². The minimum absolute atomic E-state index is 0.0736. The standard InChI is InChI=1S/C9H7BrClN3O/c10-7-3-13-14(4-7)9-8(11)1-6(5-15)2-12-9/h1-4,15H,5H2. The molecule has 0 amide bonds. The van der Waals surface area contributed by atoms with Crippen LogP contribution in [-0.4, -0.2) is 19.9 Å². The number of aromatic nitrogens is 3. The van der Waals surface area contributed by atoms with Crippen LogP contribution in [0, 0.1) is 0 Å².